The van der Waals surface area contributed by atoms with Crippen LogP contribution in [0.4, 0.5) is 0 Å². The third kappa shape index (κ3) is 4.80. The van der Waals surface area contributed by atoms with Gasteiger partial charge in [0.05, 0.1) is 43.3 Å². The van der Waals surface area contributed by atoms with E-state index >= 15 is 0 Å². The van der Waals surface area contributed by atoms with Gasteiger partial charge in [0.2, 0.25) is 0 Å². The summed E-state index contributed by atoms with van der Waals surface area (Å²) in [5.74, 6) is -0.588. The van der Waals surface area contributed by atoms with Gasteiger partial charge in [0.1, 0.15) is 5.78 Å². The maximum atomic E-state index is 13.5. The molecule has 2 aromatic carbocycles. The first kappa shape index (κ1) is 24.6. The van der Waals surface area contributed by atoms with E-state index in [-0.39, 0.29) is 31.9 Å². The van der Waals surface area contributed by atoms with Crippen LogP contribution in [0.1, 0.15) is 25.8 Å². The second-order valence-electron chi connectivity index (χ2n) is 8.15. The summed E-state index contributed by atoms with van der Waals surface area (Å²) in [6.45, 7) is 4.39. The molecule has 1 aliphatic heterocycles. The summed E-state index contributed by atoms with van der Waals surface area (Å²) in [4.78, 5) is 32.6. The molecule has 10 heteroatoms. The molecule has 0 aliphatic carbocycles. The number of para-hydroxylation sites is 1. The summed E-state index contributed by atoms with van der Waals surface area (Å²) >= 11 is 0. The molecule has 1 aliphatic rings. The Morgan fingerprint density at radius 1 is 0.971 bits per heavy atom. The predicted octanol–water partition coefficient (Wildman–Crippen LogP) is 3.44. The molecular formula is C24H30N3O6P. The molecule has 0 saturated carbocycles. The highest BCUT2D eigenvalue weighted by molar-refractivity contribution is 7.54. The minimum Gasteiger partial charge on any atom is -0.308 e. The fourth-order valence-corrected chi connectivity index (χ4v) is 6.48. The Bertz CT molecular complexity index is 1300. The van der Waals surface area contributed by atoms with Crippen LogP contribution < -0.4 is 11.2 Å². The van der Waals surface area contributed by atoms with Crippen LogP contribution in [-0.2, 0) is 31.5 Å². The third-order valence-corrected chi connectivity index (χ3v) is 8.40. The summed E-state index contributed by atoms with van der Waals surface area (Å²) in [5, 5.41) is 1.96. The average molecular weight is 487 g/mol. The Labute approximate surface area is 198 Å². The van der Waals surface area contributed by atoms with Gasteiger partial charge in [-0.2, -0.15) is 5.06 Å². The fraction of sp³-hybridized carbons (Fsp3) is 0.417. The molecule has 0 N–H and O–H groups in total. The quantitative estimate of drug-likeness (QED) is 0.427. The largest absolute Gasteiger partial charge is 0.350 e. The lowest BCUT2D eigenvalue weighted by Crippen LogP contribution is -2.42. The molecule has 1 saturated heterocycles. The fourth-order valence-electron chi connectivity index (χ4n) is 4.39. The van der Waals surface area contributed by atoms with Gasteiger partial charge in [-0.1, -0.05) is 42.5 Å². The van der Waals surface area contributed by atoms with Gasteiger partial charge in [-0.3, -0.25) is 23.3 Å². The van der Waals surface area contributed by atoms with Crippen LogP contribution in [0.15, 0.2) is 64.2 Å². The van der Waals surface area contributed by atoms with E-state index < -0.39 is 25.2 Å². The van der Waals surface area contributed by atoms with Crippen LogP contribution in [0.25, 0.3) is 10.9 Å². The highest BCUT2D eigenvalue weighted by Gasteiger charge is 2.46. The number of benzene rings is 2. The maximum Gasteiger partial charge on any atom is 0.350 e. The van der Waals surface area contributed by atoms with Crippen LogP contribution in [0.5, 0.6) is 0 Å². The van der Waals surface area contributed by atoms with E-state index in [1.54, 1.807) is 49.7 Å². The summed E-state index contributed by atoms with van der Waals surface area (Å²) in [5.41, 5.74) is 0.643. The van der Waals surface area contributed by atoms with Gasteiger partial charge >= 0.3 is 13.3 Å². The van der Waals surface area contributed by atoms with E-state index in [1.807, 2.05) is 30.3 Å². The molecule has 2 unspecified atom stereocenters. The van der Waals surface area contributed by atoms with E-state index in [0.717, 1.165) is 5.56 Å². The number of aromatic nitrogens is 2. The summed E-state index contributed by atoms with van der Waals surface area (Å²) < 4.78 is 27.2. The molecule has 0 bridgehead atoms. The van der Waals surface area contributed by atoms with Crippen LogP contribution in [0.3, 0.4) is 0 Å². The molecule has 0 radical (unpaired) electrons. The molecule has 3 aromatic rings. The highest BCUT2D eigenvalue weighted by atomic mass is 31.2. The summed E-state index contributed by atoms with van der Waals surface area (Å²) in [7, 11) is -1.74. The zero-order chi connectivity index (χ0) is 24.3. The second kappa shape index (κ2) is 10.4. The Balaban J connectivity index is 1.70. The number of hydrogen-bond donors (Lipinski definition) is 0. The first-order valence-electron chi connectivity index (χ1n) is 11.4. The maximum absolute atomic E-state index is 13.5. The van der Waals surface area contributed by atoms with Gasteiger partial charge in [0, 0.05) is 13.5 Å². The molecule has 9 nitrogen and oxygen atoms in total. The van der Waals surface area contributed by atoms with E-state index in [2.05, 4.69) is 0 Å². The van der Waals surface area contributed by atoms with Crippen molar-refractivity contribution < 1.29 is 18.5 Å². The van der Waals surface area contributed by atoms with Crippen molar-refractivity contribution >= 4 is 18.5 Å². The Hall–Kier alpha value is -2.55. The van der Waals surface area contributed by atoms with Gasteiger partial charge in [-0.05, 0) is 31.5 Å². The Morgan fingerprint density at radius 3 is 2.29 bits per heavy atom. The van der Waals surface area contributed by atoms with Crippen LogP contribution in [0, 0.1) is 0 Å². The zero-order valence-electron chi connectivity index (χ0n) is 19.6. The van der Waals surface area contributed by atoms with Crippen LogP contribution in [0.2, 0.25) is 0 Å². The van der Waals surface area contributed by atoms with E-state index in [9.17, 15) is 14.2 Å². The van der Waals surface area contributed by atoms with Crippen molar-refractivity contribution in [2.45, 2.75) is 45.2 Å². The number of rotatable bonds is 9. The lowest BCUT2D eigenvalue weighted by Gasteiger charge is -2.25. The van der Waals surface area contributed by atoms with Crippen LogP contribution >= 0.6 is 7.60 Å². The highest BCUT2D eigenvalue weighted by Crippen LogP contribution is 2.57. The normalized spacial score (nSPS) is 19.1. The smallest absolute Gasteiger partial charge is 0.308 e. The summed E-state index contributed by atoms with van der Waals surface area (Å²) in [6.07, 6.45) is -0.0974. The van der Waals surface area contributed by atoms with Crippen molar-refractivity contribution in [2.24, 2.45) is 0 Å². The standard InChI is InChI=1S/C24H30N3O6P/c1-4-31-34(30,32-5-2)22-15-19(33-25(22)3)17-26-21-14-10-9-13-20(21)23(28)27(24(26)29)16-18-11-7-6-8-12-18/h6-14,19,22H,4-5,15-17H2,1-3H3. The third-order valence-electron chi connectivity index (χ3n) is 5.89. The van der Waals surface area contributed by atoms with E-state index in [1.165, 1.54) is 9.63 Å². The SMILES string of the molecule is CCOP(=O)(OCC)C1CC(Cn2c(=O)n(Cc3ccccc3)c(=O)c3ccccc32)ON1C. The predicted molar refractivity (Wildman–Crippen MR) is 130 cm³/mol. The van der Waals surface area contributed by atoms with Crippen LogP contribution in [-0.4, -0.2) is 46.3 Å². The molecule has 2 atom stereocenters. The average Bonchev–Trinajstić information content (AvgIpc) is 3.21. The minimum atomic E-state index is -3.43. The number of hydroxylamine groups is 2. The molecule has 34 heavy (non-hydrogen) atoms. The Kier molecular flexibility index (Phi) is 7.50. The molecule has 1 aromatic heterocycles. The molecule has 1 fully saturated rings. The molecule has 4 rings (SSSR count). The second-order valence-corrected chi connectivity index (χ2v) is 10.3. The minimum absolute atomic E-state index is 0.168. The van der Waals surface area contributed by atoms with Crippen molar-refractivity contribution in [2.75, 3.05) is 20.3 Å². The molecular weight excluding hydrogens is 457 g/mol. The molecule has 0 spiro atoms. The van der Waals surface area contributed by atoms with Gasteiger partial charge in [-0.15, -0.1) is 0 Å². The summed E-state index contributed by atoms with van der Waals surface area (Å²) in [6, 6.07) is 16.4. The lowest BCUT2D eigenvalue weighted by molar-refractivity contribution is -0.138. The first-order valence-corrected chi connectivity index (χ1v) is 13.0. The van der Waals surface area contributed by atoms with Gasteiger partial charge in [0.15, 0.2) is 0 Å². The van der Waals surface area contributed by atoms with Crippen molar-refractivity contribution in [3.8, 4) is 0 Å². The van der Waals surface area contributed by atoms with Gasteiger partial charge < -0.3 is 9.05 Å². The van der Waals surface area contributed by atoms with Crippen molar-refractivity contribution in [1.29, 1.82) is 0 Å². The van der Waals surface area contributed by atoms with Gasteiger partial charge in [-0.25, -0.2) is 4.79 Å². The molecule has 182 valence electrons. The number of hydrogen-bond acceptors (Lipinski definition) is 7. The lowest BCUT2D eigenvalue weighted by atomic mass is 10.2. The molecule has 0 amide bonds. The van der Waals surface area contributed by atoms with Crippen molar-refractivity contribution in [1.82, 2.24) is 14.2 Å². The monoisotopic (exact) mass is 487 g/mol. The zero-order valence-corrected chi connectivity index (χ0v) is 20.5. The Morgan fingerprint density at radius 2 is 1.62 bits per heavy atom. The molecule has 2 heterocycles. The number of fused-ring (bicyclic) bond motifs is 1. The first-order chi connectivity index (χ1) is 16.4. The topological polar surface area (TPSA) is 92.0 Å². The van der Waals surface area contributed by atoms with E-state index in [0.29, 0.717) is 17.3 Å². The van der Waals surface area contributed by atoms with Gasteiger partial charge in [0.25, 0.3) is 5.56 Å². The van der Waals surface area contributed by atoms with Crippen molar-refractivity contribution in [3.63, 3.8) is 0 Å². The number of nitrogens with zero attached hydrogens (tertiary/aromatic N) is 3. The van der Waals surface area contributed by atoms with Crippen molar-refractivity contribution in [3.05, 3.63) is 81.0 Å². The van der Waals surface area contributed by atoms with E-state index in [4.69, 9.17) is 13.9 Å².